The van der Waals surface area contributed by atoms with Crippen LogP contribution >= 0.6 is 0 Å². The first kappa shape index (κ1) is 8.05. The molecule has 0 fully saturated rings. The smallest absolute Gasteiger partial charge is 0.502 e. The van der Waals surface area contributed by atoms with Crippen LogP contribution in [0.3, 0.4) is 0 Å². The minimum absolute atomic E-state index is 0.382. The molecule has 0 heterocycles. The minimum Gasteiger partial charge on any atom is -0.652 e. The molecule has 0 aromatic rings. The van der Waals surface area contributed by atoms with Crippen LogP contribution in [0.5, 0.6) is 0 Å². The summed E-state index contributed by atoms with van der Waals surface area (Å²) in [6, 6.07) is 0. The minimum atomic E-state index is 0.382. The van der Waals surface area contributed by atoms with Crippen molar-refractivity contribution in [3.63, 3.8) is 0 Å². The molecule has 0 rings (SSSR count). The third-order valence-corrected chi connectivity index (χ3v) is 0.529. The molecule has 0 aliphatic rings. The number of rotatable bonds is 2. The maximum absolute atomic E-state index is 5.58. The van der Waals surface area contributed by atoms with Crippen LogP contribution in [0.15, 0.2) is 0 Å². The Kier molecular flexibility index (Phi) is 2.57. The first-order valence-corrected chi connectivity index (χ1v) is 2.56. The zero-order chi connectivity index (χ0) is 6.78. The first-order valence-electron chi connectivity index (χ1n) is 2.56. The van der Waals surface area contributed by atoms with Crippen molar-refractivity contribution in [3.8, 4) is 0 Å². The molecular formula is C4H12B2N2. The summed E-state index contributed by atoms with van der Waals surface area (Å²) in [7, 11) is 15.2. The topological polar surface area (TPSA) is 3.24 Å². The highest BCUT2D eigenvalue weighted by Crippen LogP contribution is 1.84. The molecule has 0 amide bonds. The van der Waals surface area contributed by atoms with Crippen LogP contribution in [0.4, 0.5) is 0 Å². The molecule has 0 spiro atoms. The maximum atomic E-state index is 5.58. The molecule has 0 aliphatic heterocycles. The summed E-state index contributed by atoms with van der Waals surface area (Å²) in [5, 5.41) is 0. The predicted octanol–water partition coefficient (Wildman–Crippen LogP) is -0.758. The number of quaternary nitrogens is 1. The highest BCUT2D eigenvalue weighted by Gasteiger charge is 2.04. The van der Waals surface area contributed by atoms with Gasteiger partial charge in [0.2, 0.25) is 0 Å². The summed E-state index contributed by atoms with van der Waals surface area (Å²) in [5.74, 6) is 0. The number of nitrogens with zero attached hydrogens (tertiary/aromatic N) is 2. The zero-order valence-electron chi connectivity index (χ0n) is 6.05. The second-order valence-corrected chi connectivity index (χ2v) is 2.71. The summed E-state index contributed by atoms with van der Waals surface area (Å²) >= 11 is 0. The van der Waals surface area contributed by atoms with Crippen LogP contribution in [0.25, 0.3) is 0 Å². The van der Waals surface area contributed by atoms with Gasteiger partial charge in [0.05, 0.1) is 0 Å². The van der Waals surface area contributed by atoms with Crippen LogP contribution in [0, 0.1) is 0 Å². The zero-order valence-corrected chi connectivity index (χ0v) is 6.05. The molecule has 0 aromatic heterocycles. The van der Waals surface area contributed by atoms with Crippen molar-refractivity contribution in [1.29, 1.82) is 0 Å². The largest absolute Gasteiger partial charge is 0.652 e. The van der Waals surface area contributed by atoms with Crippen molar-refractivity contribution < 1.29 is 4.31 Å². The van der Waals surface area contributed by atoms with E-state index in [1.54, 1.807) is 0 Å². The van der Waals surface area contributed by atoms with Crippen molar-refractivity contribution in [3.05, 3.63) is 0 Å². The molecular weight excluding hydrogens is 97.7 g/mol. The quantitative estimate of drug-likeness (QED) is 0.422. The molecule has 0 N–H and O–H groups in total. The van der Waals surface area contributed by atoms with Crippen molar-refractivity contribution >= 4 is 15.5 Å². The van der Waals surface area contributed by atoms with Gasteiger partial charge in [-0.05, 0) is 14.1 Å². The van der Waals surface area contributed by atoms with Gasteiger partial charge in [-0.2, -0.15) is 0 Å². The molecule has 2 nitrogen and oxygen atoms in total. The lowest BCUT2D eigenvalue weighted by atomic mass is 9.96. The SMILES string of the molecule is [B-][N+](C)(C)[B]N(C)C. The van der Waals surface area contributed by atoms with E-state index in [1.807, 2.05) is 40.6 Å². The lowest BCUT2D eigenvalue weighted by molar-refractivity contribution is -0.652. The highest BCUT2D eigenvalue weighted by atomic mass is 15.2. The number of hydrogen-bond donors (Lipinski definition) is 0. The summed E-state index contributed by atoms with van der Waals surface area (Å²) in [4.78, 5) is 1.93. The van der Waals surface area contributed by atoms with Crippen molar-refractivity contribution in [2.45, 2.75) is 0 Å². The summed E-state index contributed by atoms with van der Waals surface area (Å²) in [6.45, 7) is 0. The van der Waals surface area contributed by atoms with Crippen LogP contribution in [-0.2, 0) is 0 Å². The Hall–Kier alpha value is 0.0499. The molecule has 0 aromatic carbocycles. The van der Waals surface area contributed by atoms with Gasteiger partial charge < -0.3 is 4.31 Å². The van der Waals surface area contributed by atoms with Crippen molar-refractivity contribution in [1.82, 2.24) is 4.81 Å². The van der Waals surface area contributed by atoms with E-state index in [2.05, 4.69) is 0 Å². The molecule has 44 valence electrons. The average Bonchev–Trinajstić information content (AvgIpc) is 1.21. The third kappa shape index (κ3) is 6.05. The Labute approximate surface area is 53.8 Å². The van der Waals surface area contributed by atoms with Crippen LogP contribution in [0.1, 0.15) is 0 Å². The van der Waals surface area contributed by atoms with E-state index in [1.165, 1.54) is 0 Å². The third-order valence-electron chi connectivity index (χ3n) is 0.529. The second kappa shape index (κ2) is 2.55. The van der Waals surface area contributed by atoms with Gasteiger partial charge in [0.25, 0.3) is 0 Å². The number of hydrogen-bond acceptors (Lipinski definition) is 1. The first-order chi connectivity index (χ1) is 3.42. The normalized spacial score (nSPS) is 12.2. The van der Waals surface area contributed by atoms with E-state index in [4.69, 9.17) is 7.98 Å². The second-order valence-electron chi connectivity index (χ2n) is 2.71. The molecule has 0 bridgehead atoms. The van der Waals surface area contributed by atoms with E-state index < -0.39 is 0 Å². The fourth-order valence-corrected chi connectivity index (χ4v) is 0.595. The van der Waals surface area contributed by atoms with Crippen LogP contribution in [-0.4, -0.2) is 52.8 Å². The maximum Gasteiger partial charge on any atom is 0.502 e. The van der Waals surface area contributed by atoms with E-state index in [0.717, 1.165) is 0 Å². The lowest BCUT2D eigenvalue weighted by Crippen LogP contribution is -2.47. The van der Waals surface area contributed by atoms with E-state index >= 15 is 0 Å². The van der Waals surface area contributed by atoms with Gasteiger partial charge in [-0.3, -0.25) is 4.81 Å². The molecule has 0 saturated carbocycles. The van der Waals surface area contributed by atoms with Crippen molar-refractivity contribution in [2.75, 3.05) is 28.2 Å². The molecule has 0 aliphatic carbocycles. The van der Waals surface area contributed by atoms with E-state index in [0.29, 0.717) is 4.31 Å². The summed E-state index contributed by atoms with van der Waals surface area (Å²) in [5.41, 5.74) is 0. The standard InChI is InChI=1S/C4H12B2N2/c1-7(2)6-8(3,4)5/h1-4H3. The van der Waals surface area contributed by atoms with E-state index in [9.17, 15) is 0 Å². The summed E-state index contributed by atoms with van der Waals surface area (Å²) < 4.78 is 0.382. The Morgan fingerprint density at radius 2 is 1.75 bits per heavy atom. The van der Waals surface area contributed by atoms with Gasteiger partial charge in [0.1, 0.15) is 0 Å². The van der Waals surface area contributed by atoms with Gasteiger partial charge in [-0.25, -0.2) is 7.98 Å². The van der Waals surface area contributed by atoms with Crippen LogP contribution < -0.4 is 0 Å². The van der Waals surface area contributed by atoms with Gasteiger partial charge in [0, 0.05) is 14.1 Å². The van der Waals surface area contributed by atoms with Crippen molar-refractivity contribution in [2.24, 2.45) is 0 Å². The Morgan fingerprint density at radius 3 is 1.75 bits per heavy atom. The Morgan fingerprint density at radius 1 is 1.38 bits per heavy atom. The lowest BCUT2D eigenvalue weighted by Gasteiger charge is -2.41. The predicted molar refractivity (Wildman–Crippen MR) is 37.3 cm³/mol. The van der Waals surface area contributed by atoms with E-state index in [-0.39, 0.29) is 0 Å². The fraction of sp³-hybridized carbons (Fsp3) is 1.00. The molecule has 4 heteroatoms. The van der Waals surface area contributed by atoms with Gasteiger partial charge >= 0.3 is 7.55 Å². The molecule has 0 saturated heterocycles. The Bertz CT molecular complexity index is 66.9. The Balaban J connectivity index is 3.39. The van der Waals surface area contributed by atoms with Gasteiger partial charge in [-0.15, -0.1) is 0 Å². The molecule has 8 heavy (non-hydrogen) atoms. The molecule has 0 atom stereocenters. The monoisotopic (exact) mass is 110 g/mol. The van der Waals surface area contributed by atoms with Gasteiger partial charge in [-0.1, -0.05) is 0 Å². The molecule has 4 radical (unpaired) electrons. The van der Waals surface area contributed by atoms with Crippen LogP contribution in [0.2, 0.25) is 0 Å². The average molecular weight is 110 g/mol. The fourth-order valence-electron chi connectivity index (χ4n) is 0.595. The van der Waals surface area contributed by atoms with Gasteiger partial charge in [0.15, 0.2) is 0 Å². The molecule has 0 unspecified atom stereocenters. The summed E-state index contributed by atoms with van der Waals surface area (Å²) in [6.07, 6.45) is 0. The highest BCUT2D eigenvalue weighted by molar-refractivity contribution is 6.29.